The van der Waals surface area contributed by atoms with Crippen molar-refractivity contribution in [2.45, 2.75) is 12.8 Å². The summed E-state index contributed by atoms with van der Waals surface area (Å²) in [5, 5.41) is 0. The third-order valence-electron chi connectivity index (χ3n) is 3.19. The van der Waals surface area contributed by atoms with E-state index in [1.165, 1.54) is 0 Å². The Morgan fingerprint density at radius 3 is 1.23 bits per heavy atom. The Balaban J connectivity index is 2.13. The lowest BCUT2D eigenvalue weighted by atomic mass is 9.99. The summed E-state index contributed by atoms with van der Waals surface area (Å²) < 4.78 is 0. The molecule has 2 aromatic carbocycles. The van der Waals surface area contributed by atoms with Crippen molar-refractivity contribution in [2.24, 2.45) is 11.5 Å². The molecule has 112 valence electrons. The van der Waals surface area contributed by atoms with Gasteiger partial charge in [0, 0.05) is 11.1 Å². The largest absolute Gasteiger partial charge is 0.369 e. The van der Waals surface area contributed by atoms with Gasteiger partial charge in [-0.3, -0.25) is 14.4 Å². The van der Waals surface area contributed by atoms with Crippen molar-refractivity contribution < 1.29 is 14.4 Å². The molecule has 0 unspecified atom stereocenters. The van der Waals surface area contributed by atoms with Gasteiger partial charge in [-0.05, 0) is 11.1 Å². The van der Waals surface area contributed by atoms with Gasteiger partial charge in [0.25, 0.3) is 0 Å². The number of nitrogens with two attached hydrogens (primary N) is 2. The summed E-state index contributed by atoms with van der Waals surface area (Å²) >= 11 is 0. The third-order valence-corrected chi connectivity index (χ3v) is 3.19. The number of rotatable bonds is 6. The molecule has 4 N–H and O–H groups in total. The molecular formula is C17H16N2O3. The highest BCUT2D eigenvalue weighted by Gasteiger charge is 2.10. The zero-order valence-corrected chi connectivity index (χ0v) is 11.9. The number of hydrogen-bond donors (Lipinski definition) is 2. The van der Waals surface area contributed by atoms with E-state index < -0.39 is 11.8 Å². The van der Waals surface area contributed by atoms with Gasteiger partial charge in [0.1, 0.15) is 0 Å². The van der Waals surface area contributed by atoms with Gasteiger partial charge < -0.3 is 11.5 Å². The van der Waals surface area contributed by atoms with Crippen LogP contribution in [-0.4, -0.2) is 17.6 Å². The molecule has 0 aliphatic heterocycles. The van der Waals surface area contributed by atoms with E-state index in [4.69, 9.17) is 11.5 Å². The average Bonchev–Trinajstić information content (AvgIpc) is 2.47. The highest BCUT2D eigenvalue weighted by molar-refractivity contribution is 6.09. The number of amides is 2. The van der Waals surface area contributed by atoms with Gasteiger partial charge in [-0.1, -0.05) is 48.5 Å². The number of primary amides is 2. The fourth-order valence-corrected chi connectivity index (χ4v) is 2.12. The molecule has 0 aliphatic rings. The van der Waals surface area contributed by atoms with Crippen LogP contribution >= 0.6 is 0 Å². The van der Waals surface area contributed by atoms with Crippen LogP contribution in [0.5, 0.6) is 0 Å². The van der Waals surface area contributed by atoms with Gasteiger partial charge in [0.15, 0.2) is 5.78 Å². The summed E-state index contributed by atoms with van der Waals surface area (Å²) in [6.07, 6.45) is 0.298. The van der Waals surface area contributed by atoms with Crippen LogP contribution in [0, 0.1) is 0 Å². The smallest absolute Gasteiger partial charge is 0.221 e. The Kier molecular flexibility index (Phi) is 4.68. The molecule has 2 amide bonds. The van der Waals surface area contributed by atoms with Crippen molar-refractivity contribution in [3.63, 3.8) is 0 Å². The first kappa shape index (κ1) is 15.4. The predicted octanol–water partition coefficient (Wildman–Crippen LogP) is 0.973. The zero-order chi connectivity index (χ0) is 16.1. The minimum Gasteiger partial charge on any atom is -0.369 e. The second kappa shape index (κ2) is 6.67. The molecular weight excluding hydrogens is 280 g/mol. The predicted molar refractivity (Wildman–Crippen MR) is 82.1 cm³/mol. The van der Waals surface area contributed by atoms with Crippen molar-refractivity contribution in [3.05, 3.63) is 70.8 Å². The van der Waals surface area contributed by atoms with Crippen molar-refractivity contribution >= 4 is 17.6 Å². The molecule has 0 atom stereocenters. The standard InChI is InChI=1S/C17H16N2O3/c18-15(20)9-11-1-5-13(6-2-11)17(22)14-7-3-12(4-8-14)10-16(19)21/h1-8H,9-10H2,(H2,18,20)(H2,19,21). The molecule has 0 saturated carbocycles. The van der Waals surface area contributed by atoms with Crippen LogP contribution in [0.3, 0.4) is 0 Å². The third kappa shape index (κ3) is 4.02. The van der Waals surface area contributed by atoms with Crippen molar-refractivity contribution in [2.75, 3.05) is 0 Å². The van der Waals surface area contributed by atoms with E-state index in [0.717, 1.165) is 11.1 Å². The molecule has 0 radical (unpaired) electrons. The number of carbonyl (C=O) groups is 3. The van der Waals surface area contributed by atoms with E-state index in [1.54, 1.807) is 48.5 Å². The normalized spacial score (nSPS) is 10.2. The van der Waals surface area contributed by atoms with E-state index in [0.29, 0.717) is 11.1 Å². The molecule has 0 aromatic heterocycles. The monoisotopic (exact) mass is 296 g/mol. The van der Waals surface area contributed by atoms with Gasteiger partial charge in [-0.25, -0.2) is 0 Å². The fraction of sp³-hybridized carbons (Fsp3) is 0.118. The number of carbonyl (C=O) groups excluding carboxylic acids is 3. The van der Waals surface area contributed by atoms with Crippen molar-refractivity contribution in [1.29, 1.82) is 0 Å². The van der Waals surface area contributed by atoms with Gasteiger partial charge in [-0.15, -0.1) is 0 Å². The maximum atomic E-state index is 12.3. The first-order valence-corrected chi connectivity index (χ1v) is 6.75. The van der Waals surface area contributed by atoms with E-state index in [1.807, 2.05) is 0 Å². The fourth-order valence-electron chi connectivity index (χ4n) is 2.12. The highest BCUT2D eigenvalue weighted by Crippen LogP contribution is 2.13. The summed E-state index contributed by atoms with van der Waals surface area (Å²) in [6.45, 7) is 0. The molecule has 22 heavy (non-hydrogen) atoms. The molecule has 2 aromatic rings. The van der Waals surface area contributed by atoms with Crippen LogP contribution in [0.25, 0.3) is 0 Å². The van der Waals surface area contributed by atoms with Crippen molar-refractivity contribution in [3.8, 4) is 0 Å². The number of benzene rings is 2. The van der Waals surface area contributed by atoms with E-state index in [-0.39, 0.29) is 18.6 Å². The summed E-state index contributed by atoms with van der Waals surface area (Å²) in [4.78, 5) is 34.0. The Morgan fingerprint density at radius 1 is 0.636 bits per heavy atom. The molecule has 0 heterocycles. The number of hydrogen-bond acceptors (Lipinski definition) is 3. The Labute approximate surface area is 127 Å². The lowest BCUT2D eigenvalue weighted by Gasteiger charge is -2.04. The molecule has 0 bridgehead atoms. The topological polar surface area (TPSA) is 103 Å². The Bertz CT molecular complexity index is 642. The second-order valence-corrected chi connectivity index (χ2v) is 5.01. The van der Waals surface area contributed by atoms with Gasteiger partial charge in [0.2, 0.25) is 11.8 Å². The first-order chi connectivity index (χ1) is 10.5. The van der Waals surface area contributed by atoms with Crippen LogP contribution in [-0.2, 0) is 22.4 Å². The lowest BCUT2D eigenvalue weighted by molar-refractivity contribution is -0.118. The molecule has 0 saturated heterocycles. The van der Waals surface area contributed by atoms with Gasteiger partial charge >= 0.3 is 0 Å². The molecule has 0 fully saturated rings. The van der Waals surface area contributed by atoms with Crippen LogP contribution in [0.4, 0.5) is 0 Å². The van der Waals surface area contributed by atoms with Gasteiger partial charge in [0.05, 0.1) is 12.8 Å². The molecule has 2 rings (SSSR count). The minimum atomic E-state index is -0.413. The van der Waals surface area contributed by atoms with Crippen LogP contribution in [0.15, 0.2) is 48.5 Å². The molecule has 0 aliphatic carbocycles. The zero-order valence-electron chi connectivity index (χ0n) is 11.9. The summed E-state index contributed by atoms with van der Waals surface area (Å²) in [7, 11) is 0. The molecule has 0 spiro atoms. The SMILES string of the molecule is NC(=O)Cc1ccc(C(=O)c2ccc(CC(N)=O)cc2)cc1. The van der Waals surface area contributed by atoms with Crippen LogP contribution in [0.1, 0.15) is 27.0 Å². The number of ketones is 1. The Hall–Kier alpha value is -2.95. The van der Waals surface area contributed by atoms with Crippen LogP contribution in [0.2, 0.25) is 0 Å². The van der Waals surface area contributed by atoms with E-state index >= 15 is 0 Å². The summed E-state index contributed by atoms with van der Waals surface area (Å²) in [5.41, 5.74) is 12.8. The molecule has 5 nitrogen and oxygen atoms in total. The second-order valence-electron chi connectivity index (χ2n) is 5.01. The maximum Gasteiger partial charge on any atom is 0.221 e. The minimum absolute atomic E-state index is 0.128. The summed E-state index contributed by atoms with van der Waals surface area (Å²) in [6, 6.07) is 13.5. The summed E-state index contributed by atoms with van der Waals surface area (Å²) in [5.74, 6) is -0.954. The van der Waals surface area contributed by atoms with Gasteiger partial charge in [-0.2, -0.15) is 0 Å². The lowest BCUT2D eigenvalue weighted by Crippen LogP contribution is -2.14. The van der Waals surface area contributed by atoms with Crippen LogP contribution < -0.4 is 11.5 Å². The first-order valence-electron chi connectivity index (χ1n) is 6.75. The molecule has 5 heteroatoms. The van der Waals surface area contributed by atoms with Crippen molar-refractivity contribution in [1.82, 2.24) is 0 Å². The average molecular weight is 296 g/mol. The van der Waals surface area contributed by atoms with E-state index in [9.17, 15) is 14.4 Å². The van der Waals surface area contributed by atoms with E-state index in [2.05, 4.69) is 0 Å². The highest BCUT2D eigenvalue weighted by atomic mass is 16.1. The quantitative estimate of drug-likeness (QED) is 0.776. The Morgan fingerprint density at radius 2 is 0.955 bits per heavy atom. The maximum absolute atomic E-state index is 12.3.